The van der Waals surface area contributed by atoms with Gasteiger partial charge in [-0.2, -0.15) is 0 Å². The molecule has 80 valence electrons. The van der Waals surface area contributed by atoms with Crippen LogP contribution in [0.2, 0.25) is 5.02 Å². The first-order chi connectivity index (χ1) is 7.70. The van der Waals surface area contributed by atoms with Gasteiger partial charge in [-0.3, -0.25) is 14.2 Å². The minimum Gasteiger partial charge on any atom is -0.298 e. The molecule has 2 heterocycles. The Hall–Kier alpha value is -1.94. The van der Waals surface area contributed by atoms with Crippen LogP contribution in [0.25, 0.3) is 5.82 Å². The maximum absolute atomic E-state index is 11.5. The van der Waals surface area contributed by atoms with Gasteiger partial charge in [0, 0.05) is 24.0 Å². The number of halogens is 1. The minimum absolute atomic E-state index is 0.226. The number of carbonyl (C=O) groups is 1. The van der Waals surface area contributed by atoms with E-state index < -0.39 is 0 Å². The van der Waals surface area contributed by atoms with Crippen molar-refractivity contribution in [2.75, 3.05) is 0 Å². The molecule has 0 saturated carbocycles. The van der Waals surface area contributed by atoms with Crippen molar-refractivity contribution in [2.24, 2.45) is 0 Å². The molecule has 0 fully saturated rings. The molecule has 0 aromatic carbocycles. The highest BCUT2D eigenvalue weighted by molar-refractivity contribution is 6.30. The number of carbonyl (C=O) groups excluding carboxylic acids is 1. The lowest BCUT2D eigenvalue weighted by Crippen LogP contribution is -2.17. The molecule has 0 N–H and O–H groups in total. The van der Waals surface area contributed by atoms with Gasteiger partial charge in [0.2, 0.25) is 0 Å². The highest BCUT2D eigenvalue weighted by Gasteiger charge is 2.01. The molecular weight excluding hydrogens is 228 g/mol. The second-order valence-corrected chi connectivity index (χ2v) is 3.56. The first-order valence-corrected chi connectivity index (χ1v) is 4.88. The Bertz CT molecular complexity index is 575. The van der Waals surface area contributed by atoms with Crippen molar-refractivity contribution in [3.63, 3.8) is 0 Å². The molecule has 0 aliphatic heterocycles. The molecular formula is C11H7ClN2O2. The van der Waals surface area contributed by atoms with Crippen molar-refractivity contribution in [3.05, 3.63) is 57.6 Å². The molecule has 0 saturated heterocycles. The third-order valence-corrected chi connectivity index (χ3v) is 2.25. The van der Waals surface area contributed by atoms with Crippen LogP contribution >= 0.6 is 11.6 Å². The van der Waals surface area contributed by atoms with E-state index in [0.29, 0.717) is 22.7 Å². The van der Waals surface area contributed by atoms with Crippen LogP contribution in [0.15, 0.2) is 41.5 Å². The second kappa shape index (κ2) is 4.28. The smallest absolute Gasteiger partial charge is 0.256 e. The van der Waals surface area contributed by atoms with Crippen LogP contribution in [-0.2, 0) is 0 Å². The third kappa shape index (κ3) is 2.01. The van der Waals surface area contributed by atoms with Crippen LogP contribution < -0.4 is 5.56 Å². The normalized spacial score (nSPS) is 10.1. The molecule has 0 unspecified atom stereocenters. The summed E-state index contributed by atoms with van der Waals surface area (Å²) in [7, 11) is 0. The Morgan fingerprint density at radius 2 is 2.06 bits per heavy atom. The SMILES string of the molecule is O=Cc1ccc(-n2cc(Cl)ccc2=O)nc1. The number of rotatable bonds is 2. The van der Waals surface area contributed by atoms with Crippen molar-refractivity contribution in [1.82, 2.24) is 9.55 Å². The van der Waals surface area contributed by atoms with Gasteiger partial charge in [-0.15, -0.1) is 0 Å². The molecule has 4 nitrogen and oxygen atoms in total. The van der Waals surface area contributed by atoms with Crippen molar-refractivity contribution in [1.29, 1.82) is 0 Å². The molecule has 16 heavy (non-hydrogen) atoms. The van der Waals surface area contributed by atoms with Gasteiger partial charge in [0.05, 0.1) is 5.02 Å². The van der Waals surface area contributed by atoms with E-state index in [2.05, 4.69) is 4.98 Å². The van der Waals surface area contributed by atoms with Crippen LogP contribution in [0.4, 0.5) is 0 Å². The summed E-state index contributed by atoms with van der Waals surface area (Å²) in [5.74, 6) is 0.429. The predicted molar refractivity (Wildman–Crippen MR) is 60.2 cm³/mol. The summed E-state index contributed by atoms with van der Waals surface area (Å²) in [5.41, 5.74) is 0.231. The van der Waals surface area contributed by atoms with Gasteiger partial charge < -0.3 is 0 Å². The van der Waals surface area contributed by atoms with E-state index in [0.717, 1.165) is 0 Å². The van der Waals surface area contributed by atoms with Crippen LogP contribution in [0.1, 0.15) is 10.4 Å². The number of pyridine rings is 2. The van der Waals surface area contributed by atoms with Crippen LogP contribution in [0.3, 0.4) is 0 Å². The zero-order chi connectivity index (χ0) is 11.5. The van der Waals surface area contributed by atoms with Crippen molar-refractivity contribution in [3.8, 4) is 5.82 Å². The molecule has 0 atom stereocenters. The Morgan fingerprint density at radius 1 is 1.25 bits per heavy atom. The lowest BCUT2D eigenvalue weighted by atomic mass is 10.3. The largest absolute Gasteiger partial charge is 0.298 e. The van der Waals surface area contributed by atoms with Gasteiger partial charge >= 0.3 is 0 Å². The Morgan fingerprint density at radius 3 is 2.69 bits per heavy atom. The van der Waals surface area contributed by atoms with Crippen LogP contribution in [0.5, 0.6) is 0 Å². The molecule has 0 bridgehead atoms. The topological polar surface area (TPSA) is 52.0 Å². The molecule has 5 heteroatoms. The lowest BCUT2D eigenvalue weighted by Gasteiger charge is -2.04. The van der Waals surface area contributed by atoms with Crippen LogP contribution in [-0.4, -0.2) is 15.8 Å². The lowest BCUT2D eigenvalue weighted by molar-refractivity contribution is 0.112. The van der Waals surface area contributed by atoms with Gasteiger partial charge in [0.25, 0.3) is 5.56 Å². The van der Waals surface area contributed by atoms with Gasteiger partial charge in [0.1, 0.15) is 5.82 Å². The number of nitrogens with zero attached hydrogens (tertiary/aromatic N) is 2. The maximum Gasteiger partial charge on any atom is 0.256 e. The first-order valence-electron chi connectivity index (χ1n) is 4.50. The van der Waals surface area contributed by atoms with Gasteiger partial charge in [-0.1, -0.05) is 11.6 Å². The fourth-order valence-electron chi connectivity index (χ4n) is 1.25. The van der Waals surface area contributed by atoms with E-state index in [9.17, 15) is 9.59 Å². The number of hydrogen-bond acceptors (Lipinski definition) is 3. The molecule has 0 radical (unpaired) electrons. The van der Waals surface area contributed by atoms with E-state index in [-0.39, 0.29) is 5.56 Å². The zero-order valence-electron chi connectivity index (χ0n) is 8.13. The molecule has 0 aliphatic carbocycles. The molecule has 2 aromatic heterocycles. The monoisotopic (exact) mass is 234 g/mol. The summed E-state index contributed by atoms with van der Waals surface area (Å²) in [6.07, 6.45) is 3.57. The Balaban J connectivity index is 2.54. The summed E-state index contributed by atoms with van der Waals surface area (Å²) >= 11 is 5.78. The maximum atomic E-state index is 11.5. The van der Waals surface area contributed by atoms with Gasteiger partial charge in [0.15, 0.2) is 6.29 Å². The van der Waals surface area contributed by atoms with E-state index in [1.807, 2.05) is 0 Å². The average Bonchev–Trinajstić information content (AvgIpc) is 2.32. The predicted octanol–water partition coefficient (Wildman–Crippen LogP) is 1.70. The molecule has 0 aliphatic rings. The van der Waals surface area contributed by atoms with Crippen molar-refractivity contribution < 1.29 is 4.79 Å². The van der Waals surface area contributed by atoms with Gasteiger partial charge in [-0.05, 0) is 18.2 Å². The number of hydrogen-bond donors (Lipinski definition) is 0. The summed E-state index contributed by atoms with van der Waals surface area (Å²) < 4.78 is 1.32. The first kappa shape index (κ1) is 10.6. The summed E-state index contributed by atoms with van der Waals surface area (Å²) in [6.45, 7) is 0. The molecule has 2 rings (SSSR count). The molecule has 0 amide bonds. The van der Waals surface area contributed by atoms with E-state index in [1.54, 1.807) is 12.1 Å². The Labute approximate surface area is 96.1 Å². The standard InChI is InChI=1S/C11H7ClN2O2/c12-9-2-4-11(16)14(6-9)10-3-1-8(7-15)5-13-10/h1-7H. The molecule has 0 spiro atoms. The summed E-state index contributed by atoms with van der Waals surface area (Å²) in [5, 5.41) is 0.445. The fraction of sp³-hybridized carbons (Fsp3) is 0. The number of aldehydes is 1. The second-order valence-electron chi connectivity index (χ2n) is 3.12. The highest BCUT2D eigenvalue weighted by Crippen LogP contribution is 2.07. The summed E-state index contributed by atoms with van der Waals surface area (Å²) in [6, 6.07) is 6.04. The van der Waals surface area contributed by atoms with E-state index in [1.165, 1.54) is 29.1 Å². The van der Waals surface area contributed by atoms with Crippen molar-refractivity contribution >= 4 is 17.9 Å². The average molecular weight is 235 g/mol. The molecule has 2 aromatic rings. The van der Waals surface area contributed by atoms with Gasteiger partial charge in [-0.25, -0.2) is 4.98 Å². The zero-order valence-corrected chi connectivity index (χ0v) is 8.89. The summed E-state index contributed by atoms with van der Waals surface area (Å²) in [4.78, 5) is 26.0. The number of aromatic nitrogens is 2. The van der Waals surface area contributed by atoms with Crippen molar-refractivity contribution in [2.45, 2.75) is 0 Å². The van der Waals surface area contributed by atoms with E-state index >= 15 is 0 Å². The van der Waals surface area contributed by atoms with E-state index in [4.69, 9.17) is 11.6 Å². The Kier molecular flexibility index (Phi) is 2.83. The highest BCUT2D eigenvalue weighted by atomic mass is 35.5. The fourth-order valence-corrected chi connectivity index (χ4v) is 1.41. The quantitative estimate of drug-likeness (QED) is 0.743. The minimum atomic E-state index is -0.226. The van der Waals surface area contributed by atoms with Crippen LogP contribution in [0, 0.1) is 0 Å². The third-order valence-electron chi connectivity index (χ3n) is 2.03.